The van der Waals surface area contributed by atoms with Crippen LogP contribution in [0.4, 0.5) is 0 Å². The maximum absolute atomic E-state index is 12.1. The van der Waals surface area contributed by atoms with Gasteiger partial charge in [0.25, 0.3) is 5.91 Å². The van der Waals surface area contributed by atoms with Crippen molar-refractivity contribution in [2.75, 3.05) is 6.54 Å². The summed E-state index contributed by atoms with van der Waals surface area (Å²) in [6.45, 7) is 2.59. The van der Waals surface area contributed by atoms with Gasteiger partial charge in [0.2, 0.25) is 0 Å². The van der Waals surface area contributed by atoms with E-state index in [1.165, 1.54) is 5.56 Å². The molecule has 0 radical (unpaired) electrons. The predicted octanol–water partition coefficient (Wildman–Crippen LogP) is 2.81. The SMILES string of the molecule is Cc1ccc(-c2cc(C(=O)NCCc3cscn3)[nH]n2)cc1. The average molecular weight is 312 g/mol. The summed E-state index contributed by atoms with van der Waals surface area (Å²) >= 11 is 1.56. The number of aromatic amines is 1. The van der Waals surface area contributed by atoms with Crippen LogP contribution in [-0.4, -0.2) is 27.6 Å². The van der Waals surface area contributed by atoms with E-state index >= 15 is 0 Å². The third-order valence-corrected chi connectivity index (χ3v) is 3.96. The number of carbonyl (C=O) groups is 1. The molecule has 5 nitrogen and oxygen atoms in total. The molecular formula is C16H16N4OS. The molecule has 0 saturated carbocycles. The van der Waals surface area contributed by atoms with Crippen LogP contribution >= 0.6 is 11.3 Å². The number of thiazole rings is 1. The summed E-state index contributed by atoms with van der Waals surface area (Å²) in [4.78, 5) is 16.3. The number of nitrogens with zero attached hydrogens (tertiary/aromatic N) is 2. The molecule has 6 heteroatoms. The Morgan fingerprint density at radius 1 is 1.32 bits per heavy atom. The van der Waals surface area contributed by atoms with Crippen molar-refractivity contribution in [3.8, 4) is 11.3 Å². The maximum Gasteiger partial charge on any atom is 0.269 e. The lowest BCUT2D eigenvalue weighted by Crippen LogP contribution is -2.26. The van der Waals surface area contributed by atoms with Crippen molar-refractivity contribution in [2.45, 2.75) is 13.3 Å². The van der Waals surface area contributed by atoms with Crippen molar-refractivity contribution in [3.63, 3.8) is 0 Å². The molecule has 3 aromatic rings. The number of carbonyl (C=O) groups excluding carboxylic acids is 1. The molecule has 1 amide bonds. The molecule has 2 heterocycles. The largest absolute Gasteiger partial charge is 0.350 e. The van der Waals surface area contributed by atoms with E-state index in [9.17, 15) is 4.79 Å². The van der Waals surface area contributed by atoms with E-state index in [2.05, 4.69) is 20.5 Å². The second-order valence-electron chi connectivity index (χ2n) is 5.02. The second kappa shape index (κ2) is 6.53. The average Bonchev–Trinajstić information content (AvgIpc) is 3.19. The molecule has 0 aliphatic rings. The highest BCUT2D eigenvalue weighted by Crippen LogP contribution is 2.18. The Kier molecular flexibility index (Phi) is 4.29. The topological polar surface area (TPSA) is 70.7 Å². The molecule has 2 aromatic heterocycles. The molecule has 3 rings (SSSR count). The first kappa shape index (κ1) is 14.5. The van der Waals surface area contributed by atoms with E-state index in [1.807, 2.05) is 36.6 Å². The molecular weight excluding hydrogens is 296 g/mol. The van der Waals surface area contributed by atoms with E-state index in [4.69, 9.17) is 0 Å². The Balaban J connectivity index is 1.60. The first-order valence-electron chi connectivity index (χ1n) is 7.00. The number of H-pyrrole nitrogens is 1. The summed E-state index contributed by atoms with van der Waals surface area (Å²) in [6, 6.07) is 9.81. The van der Waals surface area contributed by atoms with Crippen LogP contribution in [0, 0.1) is 6.92 Å². The minimum absolute atomic E-state index is 0.152. The Morgan fingerprint density at radius 2 is 2.14 bits per heavy atom. The molecule has 0 bridgehead atoms. The van der Waals surface area contributed by atoms with Crippen molar-refractivity contribution >= 4 is 17.2 Å². The monoisotopic (exact) mass is 312 g/mol. The zero-order valence-electron chi connectivity index (χ0n) is 12.2. The first-order valence-corrected chi connectivity index (χ1v) is 7.94. The molecule has 0 unspecified atom stereocenters. The van der Waals surface area contributed by atoms with Crippen LogP contribution in [0.1, 0.15) is 21.7 Å². The van der Waals surface area contributed by atoms with Gasteiger partial charge in [0, 0.05) is 23.9 Å². The summed E-state index contributed by atoms with van der Waals surface area (Å²) in [5, 5.41) is 11.8. The minimum atomic E-state index is -0.152. The zero-order valence-corrected chi connectivity index (χ0v) is 13.0. The Hall–Kier alpha value is -2.47. The van der Waals surface area contributed by atoms with Crippen LogP contribution in [0.5, 0.6) is 0 Å². The fourth-order valence-corrected chi connectivity index (χ4v) is 2.66. The number of nitrogens with one attached hydrogen (secondary N) is 2. The van der Waals surface area contributed by atoms with E-state index < -0.39 is 0 Å². The predicted molar refractivity (Wildman–Crippen MR) is 86.9 cm³/mol. The van der Waals surface area contributed by atoms with Crippen molar-refractivity contribution in [1.29, 1.82) is 0 Å². The standard InChI is InChI=1S/C16H16N4OS/c1-11-2-4-12(5-3-11)14-8-15(20-19-14)16(21)17-7-6-13-9-22-10-18-13/h2-5,8-10H,6-7H2,1H3,(H,17,21)(H,19,20). The van der Waals surface area contributed by atoms with Gasteiger partial charge in [0.15, 0.2) is 0 Å². The molecule has 2 N–H and O–H groups in total. The van der Waals surface area contributed by atoms with E-state index in [1.54, 1.807) is 22.9 Å². The highest BCUT2D eigenvalue weighted by atomic mass is 32.1. The lowest BCUT2D eigenvalue weighted by Gasteiger charge is -2.01. The van der Waals surface area contributed by atoms with Crippen LogP contribution in [0.15, 0.2) is 41.2 Å². The number of hydrogen-bond acceptors (Lipinski definition) is 4. The second-order valence-corrected chi connectivity index (χ2v) is 5.74. The molecule has 0 spiro atoms. The third kappa shape index (κ3) is 3.40. The maximum atomic E-state index is 12.1. The van der Waals surface area contributed by atoms with Gasteiger partial charge in [-0.25, -0.2) is 4.98 Å². The number of hydrogen-bond donors (Lipinski definition) is 2. The molecule has 22 heavy (non-hydrogen) atoms. The number of aryl methyl sites for hydroxylation is 1. The van der Waals surface area contributed by atoms with E-state index in [-0.39, 0.29) is 5.91 Å². The van der Waals surface area contributed by atoms with Gasteiger partial charge in [0.05, 0.1) is 16.9 Å². The lowest BCUT2D eigenvalue weighted by atomic mass is 10.1. The lowest BCUT2D eigenvalue weighted by molar-refractivity contribution is 0.0949. The van der Waals surface area contributed by atoms with Crippen LogP contribution in [-0.2, 0) is 6.42 Å². The van der Waals surface area contributed by atoms with Crippen LogP contribution < -0.4 is 5.32 Å². The number of rotatable bonds is 5. The van der Waals surface area contributed by atoms with Gasteiger partial charge in [-0.2, -0.15) is 5.10 Å². The first-order chi connectivity index (χ1) is 10.7. The number of amides is 1. The van der Waals surface area contributed by atoms with Gasteiger partial charge in [-0.1, -0.05) is 29.8 Å². The minimum Gasteiger partial charge on any atom is -0.350 e. The molecule has 0 atom stereocenters. The summed E-state index contributed by atoms with van der Waals surface area (Å²) in [5.41, 5.74) is 6.20. The van der Waals surface area contributed by atoms with Gasteiger partial charge in [-0.3, -0.25) is 9.89 Å². The highest BCUT2D eigenvalue weighted by Gasteiger charge is 2.10. The van der Waals surface area contributed by atoms with Gasteiger partial charge in [0.1, 0.15) is 5.69 Å². The number of aromatic nitrogens is 3. The van der Waals surface area contributed by atoms with Gasteiger partial charge in [-0.15, -0.1) is 11.3 Å². The molecule has 0 aliphatic carbocycles. The summed E-state index contributed by atoms with van der Waals surface area (Å²) in [6.07, 6.45) is 0.730. The summed E-state index contributed by atoms with van der Waals surface area (Å²) in [5.74, 6) is -0.152. The van der Waals surface area contributed by atoms with Crippen molar-refractivity contribution in [3.05, 3.63) is 58.2 Å². The molecule has 112 valence electrons. The quantitative estimate of drug-likeness (QED) is 0.761. The number of benzene rings is 1. The van der Waals surface area contributed by atoms with Crippen LogP contribution in [0.2, 0.25) is 0 Å². The van der Waals surface area contributed by atoms with Crippen LogP contribution in [0.3, 0.4) is 0 Å². The summed E-state index contributed by atoms with van der Waals surface area (Å²) < 4.78 is 0. The summed E-state index contributed by atoms with van der Waals surface area (Å²) in [7, 11) is 0. The molecule has 1 aromatic carbocycles. The normalized spacial score (nSPS) is 10.6. The Morgan fingerprint density at radius 3 is 2.86 bits per heavy atom. The highest BCUT2D eigenvalue weighted by molar-refractivity contribution is 7.07. The molecule has 0 saturated heterocycles. The van der Waals surface area contributed by atoms with Gasteiger partial charge in [-0.05, 0) is 13.0 Å². The van der Waals surface area contributed by atoms with Crippen molar-refractivity contribution < 1.29 is 4.79 Å². The van der Waals surface area contributed by atoms with Crippen molar-refractivity contribution in [2.24, 2.45) is 0 Å². The fraction of sp³-hybridized carbons (Fsp3) is 0.188. The molecule has 0 aliphatic heterocycles. The van der Waals surface area contributed by atoms with E-state index in [0.717, 1.165) is 23.4 Å². The fourth-order valence-electron chi connectivity index (χ4n) is 2.07. The van der Waals surface area contributed by atoms with Crippen molar-refractivity contribution in [1.82, 2.24) is 20.5 Å². The van der Waals surface area contributed by atoms with E-state index in [0.29, 0.717) is 12.2 Å². The zero-order chi connectivity index (χ0) is 15.4. The van der Waals surface area contributed by atoms with Gasteiger partial charge >= 0.3 is 0 Å². The Bertz CT molecular complexity index is 747. The molecule has 0 fully saturated rings. The third-order valence-electron chi connectivity index (χ3n) is 3.32. The smallest absolute Gasteiger partial charge is 0.269 e. The van der Waals surface area contributed by atoms with Crippen LogP contribution in [0.25, 0.3) is 11.3 Å². The van der Waals surface area contributed by atoms with Gasteiger partial charge < -0.3 is 5.32 Å². The Labute approximate surface area is 132 Å².